The van der Waals surface area contributed by atoms with Crippen LogP contribution in [0, 0.1) is 5.92 Å². The van der Waals surface area contributed by atoms with Gasteiger partial charge in [-0.25, -0.2) is 4.98 Å². The molecule has 4 N–H and O–H groups in total. The predicted molar refractivity (Wildman–Crippen MR) is 112 cm³/mol. The van der Waals surface area contributed by atoms with E-state index in [9.17, 15) is 9.90 Å². The third-order valence-electron chi connectivity index (χ3n) is 4.03. The zero-order valence-electron chi connectivity index (χ0n) is 15.7. The normalized spacial score (nSPS) is 13.6. The van der Waals surface area contributed by atoms with Crippen LogP contribution in [0.25, 0.3) is 0 Å². The summed E-state index contributed by atoms with van der Waals surface area (Å²) < 4.78 is 1.99. The van der Waals surface area contributed by atoms with E-state index in [4.69, 9.17) is 5.73 Å². The van der Waals surface area contributed by atoms with Gasteiger partial charge in [0.2, 0.25) is 5.91 Å². The molecule has 0 aliphatic carbocycles. The van der Waals surface area contributed by atoms with E-state index in [2.05, 4.69) is 22.4 Å². The molecule has 8 heteroatoms. The monoisotopic (exact) mass is 416 g/mol. The average molecular weight is 417 g/mol. The first kappa shape index (κ1) is 25.4. The number of nitrogens with zero attached hydrogens (tertiary/aromatic N) is 2. The van der Waals surface area contributed by atoms with Gasteiger partial charge in [0.15, 0.2) is 0 Å². The maximum atomic E-state index is 12.1. The van der Waals surface area contributed by atoms with Crippen molar-refractivity contribution in [2.75, 3.05) is 6.54 Å². The zero-order chi connectivity index (χ0) is 18.2. The lowest BCUT2D eigenvalue weighted by molar-refractivity contribution is -0.122. The second kappa shape index (κ2) is 12.7. The number of aliphatic hydroxyl groups excluding tert-OH is 1. The summed E-state index contributed by atoms with van der Waals surface area (Å²) in [7, 11) is 0. The number of nitrogens with one attached hydrogen (secondary N) is 1. The van der Waals surface area contributed by atoms with Crippen molar-refractivity contribution in [2.45, 2.75) is 45.4 Å². The first-order chi connectivity index (χ1) is 11.9. The van der Waals surface area contributed by atoms with Gasteiger partial charge in [0, 0.05) is 25.7 Å². The highest BCUT2D eigenvalue weighted by atomic mass is 35.5. The molecule has 2 unspecified atom stereocenters. The summed E-state index contributed by atoms with van der Waals surface area (Å²) >= 11 is 0. The molecule has 0 bridgehead atoms. The van der Waals surface area contributed by atoms with E-state index in [-0.39, 0.29) is 42.7 Å². The summed E-state index contributed by atoms with van der Waals surface area (Å²) in [5.41, 5.74) is 7.98. The van der Waals surface area contributed by atoms with Crippen LogP contribution in [0.2, 0.25) is 0 Å². The number of benzene rings is 1. The number of rotatable bonds is 9. The van der Waals surface area contributed by atoms with Crippen LogP contribution in [-0.4, -0.2) is 39.3 Å². The highest BCUT2D eigenvalue weighted by molar-refractivity contribution is 5.85. The molecule has 0 fully saturated rings. The van der Waals surface area contributed by atoms with Gasteiger partial charge in [-0.1, -0.05) is 37.3 Å². The van der Waals surface area contributed by atoms with Crippen molar-refractivity contribution in [3.05, 3.63) is 54.1 Å². The Morgan fingerprint density at radius 3 is 2.56 bits per heavy atom. The lowest BCUT2D eigenvalue weighted by Crippen LogP contribution is -2.43. The molecule has 1 heterocycles. The van der Waals surface area contributed by atoms with E-state index in [0.717, 1.165) is 12.2 Å². The van der Waals surface area contributed by atoms with Crippen LogP contribution < -0.4 is 11.1 Å². The average Bonchev–Trinajstić information content (AvgIpc) is 2.99. The fourth-order valence-corrected chi connectivity index (χ4v) is 2.78. The van der Waals surface area contributed by atoms with Crippen molar-refractivity contribution in [3.63, 3.8) is 0 Å². The highest BCUT2D eigenvalue weighted by Gasteiger charge is 2.16. The Balaban J connectivity index is 0.00000338. The van der Waals surface area contributed by atoms with E-state index in [0.29, 0.717) is 19.4 Å². The molecule has 0 spiro atoms. The number of halogens is 2. The molecule has 2 aromatic rings. The van der Waals surface area contributed by atoms with Gasteiger partial charge in [-0.05, 0) is 24.8 Å². The van der Waals surface area contributed by atoms with Crippen LogP contribution in [0.1, 0.15) is 31.5 Å². The van der Waals surface area contributed by atoms with Gasteiger partial charge in [0.05, 0.1) is 24.2 Å². The Bertz CT molecular complexity index is 665. The Morgan fingerprint density at radius 2 is 1.93 bits per heavy atom. The van der Waals surface area contributed by atoms with Crippen LogP contribution in [0.3, 0.4) is 0 Å². The van der Waals surface area contributed by atoms with Crippen LogP contribution >= 0.6 is 24.8 Å². The molecule has 1 amide bonds. The van der Waals surface area contributed by atoms with Crippen molar-refractivity contribution in [1.82, 2.24) is 14.9 Å². The zero-order valence-corrected chi connectivity index (χ0v) is 17.4. The SMILES string of the molecule is CC(O)CC(C)CNC(=O)[C@@H](N)Cc1cn(Cc2ccccc2)cn1.Cl.Cl. The molecular weight excluding hydrogens is 387 g/mol. The van der Waals surface area contributed by atoms with Crippen molar-refractivity contribution in [1.29, 1.82) is 0 Å². The molecule has 27 heavy (non-hydrogen) atoms. The molecule has 3 atom stereocenters. The topological polar surface area (TPSA) is 93.2 Å². The fourth-order valence-electron chi connectivity index (χ4n) is 2.78. The van der Waals surface area contributed by atoms with E-state index in [1.165, 1.54) is 5.56 Å². The van der Waals surface area contributed by atoms with E-state index < -0.39 is 6.04 Å². The fraction of sp³-hybridized carbons (Fsp3) is 0.474. The number of carbonyl (C=O) groups excluding carboxylic acids is 1. The van der Waals surface area contributed by atoms with Gasteiger partial charge < -0.3 is 20.7 Å². The first-order valence-corrected chi connectivity index (χ1v) is 8.70. The summed E-state index contributed by atoms with van der Waals surface area (Å²) in [5, 5.41) is 12.2. The number of imidazole rings is 1. The number of amides is 1. The van der Waals surface area contributed by atoms with Crippen molar-refractivity contribution in [3.8, 4) is 0 Å². The van der Waals surface area contributed by atoms with E-state index in [1.807, 2.05) is 35.9 Å². The van der Waals surface area contributed by atoms with E-state index in [1.54, 1.807) is 13.3 Å². The van der Waals surface area contributed by atoms with Gasteiger partial charge in [-0.15, -0.1) is 24.8 Å². The molecule has 2 rings (SSSR count). The minimum Gasteiger partial charge on any atom is -0.393 e. The summed E-state index contributed by atoms with van der Waals surface area (Å²) in [6.07, 6.45) is 4.38. The Morgan fingerprint density at radius 1 is 1.26 bits per heavy atom. The molecular formula is C19H30Cl2N4O2. The van der Waals surface area contributed by atoms with Crippen molar-refractivity contribution >= 4 is 30.7 Å². The van der Waals surface area contributed by atoms with Crippen molar-refractivity contribution in [2.24, 2.45) is 11.7 Å². The van der Waals surface area contributed by atoms with Gasteiger partial charge in [-0.3, -0.25) is 4.79 Å². The molecule has 0 radical (unpaired) electrons. The smallest absolute Gasteiger partial charge is 0.237 e. The summed E-state index contributed by atoms with van der Waals surface area (Å²) in [4.78, 5) is 16.4. The van der Waals surface area contributed by atoms with Gasteiger partial charge in [0.25, 0.3) is 0 Å². The number of aromatic nitrogens is 2. The number of aliphatic hydroxyl groups is 1. The Hall–Kier alpha value is -1.60. The van der Waals surface area contributed by atoms with E-state index >= 15 is 0 Å². The summed E-state index contributed by atoms with van der Waals surface area (Å²) in [5.74, 6) is 0.0243. The second-order valence-electron chi connectivity index (χ2n) is 6.77. The molecule has 6 nitrogen and oxygen atoms in total. The predicted octanol–water partition coefficient (Wildman–Crippen LogP) is 2.17. The largest absolute Gasteiger partial charge is 0.393 e. The first-order valence-electron chi connectivity index (χ1n) is 8.70. The van der Waals surface area contributed by atoms with Crippen LogP contribution in [0.4, 0.5) is 0 Å². The lowest BCUT2D eigenvalue weighted by atomic mass is 10.0. The van der Waals surface area contributed by atoms with Crippen LogP contribution in [-0.2, 0) is 17.8 Å². The summed E-state index contributed by atoms with van der Waals surface area (Å²) in [6.45, 7) is 4.99. The minimum absolute atomic E-state index is 0. The maximum absolute atomic E-state index is 12.1. The lowest BCUT2D eigenvalue weighted by Gasteiger charge is -2.16. The molecule has 0 saturated carbocycles. The molecule has 0 aliphatic heterocycles. The standard InChI is InChI=1S/C19H28N4O2.2ClH/c1-14(8-15(2)24)10-21-19(25)18(20)9-17-12-23(13-22-17)11-16-6-4-3-5-7-16;;/h3-7,12-15,18,24H,8-11,20H2,1-2H3,(H,21,25);2*1H/t14?,15?,18-;;/m0../s1. The summed E-state index contributed by atoms with van der Waals surface area (Å²) in [6, 6.07) is 9.50. The quantitative estimate of drug-likeness (QED) is 0.583. The number of hydrogen-bond acceptors (Lipinski definition) is 4. The number of carbonyl (C=O) groups is 1. The molecule has 0 aliphatic rings. The van der Waals surface area contributed by atoms with Gasteiger partial charge in [-0.2, -0.15) is 0 Å². The third kappa shape index (κ3) is 9.24. The van der Waals surface area contributed by atoms with Crippen LogP contribution in [0.15, 0.2) is 42.9 Å². The molecule has 0 saturated heterocycles. The maximum Gasteiger partial charge on any atom is 0.237 e. The Labute approximate surface area is 173 Å². The number of nitrogens with two attached hydrogens (primary N) is 1. The third-order valence-corrected chi connectivity index (χ3v) is 4.03. The van der Waals surface area contributed by atoms with Crippen molar-refractivity contribution < 1.29 is 9.90 Å². The highest BCUT2D eigenvalue weighted by Crippen LogP contribution is 2.06. The van der Waals surface area contributed by atoms with Crippen LogP contribution in [0.5, 0.6) is 0 Å². The molecule has 1 aromatic carbocycles. The second-order valence-corrected chi connectivity index (χ2v) is 6.77. The Kier molecular flexibility index (Phi) is 12.0. The number of hydrogen-bond donors (Lipinski definition) is 3. The molecule has 152 valence electrons. The van der Waals surface area contributed by atoms with Gasteiger partial charge >= 0.3 is 0 Å². The molecule has 1 aromatic heterocycles. The minimum atomic E-state index is -0.626. The van der Waals surface area contributed by atoms with Gasteiger partial charge in [0.1, 0.15) is 0 Å².